The topological polar surface area (TPSA) is 110 Å². The third-order valence-corrected chi connectivity index (χ3v) is 6.37. The summed E-state index contributed by atoms with van der Waals surface area (Å²) >= 11 is 0. The molecule has 36 heavy (non-hydrogen) atoms. The minimum Gasteiger partial charge on any atom is -0.352 e. The van der Waals surface area contributed by atoms with Gasteiger partial charge in [0.1, 0.15) is 11.6 Å². The molecule has 0 amide bonds. The Morgan fingerprint density at radius 3 is 2.39 bits per heavy atom. The van der Waals surface area contributed by atoms with Gasteiger partial charge in [0.15, 0.2) is 0 Å². The second kappa shape index (κ2) is 9.84. The van der Waals surface area contributed by atoms with Gasteiger partial charge >= 0.3 is 6.18 Å². The lowest BCUT2D eigenvalue weighted by Gasteiger charge is -2.30. The molecule has 0 radical (unpaired) electrons. The van der Waals surface area contributed by atoms with Gasteiger partial charge < -0.3 is 4.90 Å². The van der Waals surface area contributed by atoms with Gasteiger partial charge in [-0.25, -0.2) is 27.9 Å². The van der Waals surface area contributed by atoms with E-state index in [1.807, 2.05) is 0 Å². The van der Waals surface area contributed by atoms with Crippen molar-refractivity contribution in [2.45, 2.75) is 17.5 Å². The Morgan fingerprint density at radius 1 is 1.08 bits per heavy atom. The van der Waals surface area contributed by atoms with Crippen LogP contribution < -0.4 is 15.5 Å². The molecule has 0 spiro atoms. The smallest absolute Gasteiger partial charge is 0.352 e. The number of benzene rings is 2. The number of nitrogens with two attached hydrogens (primary N) is 1. The van der Waals surface area contributed by atoms with Crippen LogP contribution in [0.5, 0.6) is 0 Å². The standard InChI is InChI=1S/C23H21F4N5O3S/c1-35-31-17-9-11-32(12-10-17)21-19(15-3-2-4-18(13-15)36(28,33)34)20(14-5-7-16(24)8-6-14)29-22(30-21)23(25,26)27/h2-9,13,31H,10-12H2,1H3,(H2,28,33,34). The van der Waals surface area contributed by atoms with Gasteiger partial charge in [-0.2, -0.15) is 13.2 Å². The van der Waals surface area contributed by atoms with Crippen molar-refractivity contribution in [3.63, 3.8) is 0 Å². The number of nitrogens with zero attached hydrogens (tertiary/aromatic N) is 3. The van der Waals surface area contributed by atoms with Gasteiger partial charge in [-0.15, -0.1) is 0 Å². The van der Waals surface area contributed by atoms with Crippen molar-refractivity contribution in [1.29, 1.82) is 0 Å². The molecule has 3 aromatic rings. The number of aromatic nitrogens is 2. The molecule has 0 unspecified atom stereocenters. The molecular formula is C23H21F4N5O3S. The third-order valence-electron chi connectivity index (χ3n) is 5.45. The Balaban J connectivity index is 2.01. The minimum atomic E-state index is -4.88. The highest BCUT2D eigenvalue weighted by Crippen LogP contribution is 2.41. The second-order valence-corrected chi connectivity index (χ2v) is 9.46. The van der Waals surface area contributed by atoms with E-state index in [1.54, 1.807) is 11.0 Å². The monoisotopic (exact) mass is 523 g/mol. The van der Waals surface area contributed by atoms with E-state index < -0.39 is 27.8 Å². The number of anilines is 1. The van der Waals surface area contributed by atoms with Crippen LogP contribution in [0.3, 0.4) is 0 Å². The van der Waals surface area contributed by atoms with E-state index in [2.05, 4.69) is 15.4 Å². The van der Waals surface area contributed by atoms with Gasteiger partial charge in [-0.05, 0) is 48.0 Å². The zero-order valence-electron chi connectivity index (χ0n) is 18.9. The summed E-state index contributed by atoms with van der Waals surface area (Å²) < 4.78 is 79.2. The molecule has 0 saturated heterocycles. The van der Waals surface area contributed by atoms with Crippen LogP contribution in [0.4, 0.5) is 23.4 Å². The van der Waals surface area contributed by atoms with Crippen LogP contribution in [0.1, 0.15) is 12.2 Å². The second-order valence-electron chi connectivity index (χ2n) is 7.90. The van der Waals surface area contributed by atoms with Crippen molar-refractivity contribution in [2.75, 3.05) is 25.1 Å². The molecule has 0 fully saturated rings. The van der Waals surface area contributed by atoms with E-state index in [-0.39, 0.29) is 46.2 Å². The van der Waals surface area contributed by atoms with Crippen LogP contribution >= 0.6 is 0 Å². The van der Waals surface area contributed by atoms with Gasteiger partial charge in [0.2, 0.25) is 15.8 Å². The first-order chi connectivity index (χ1) is 17.0. The summed E-state index contributed by atoms with van der Waals surface area (Å²) in [6.45, 7) is 0.464. The summed E-state index contributed by atoms with van der Waals surface area (Å²) in [5, 5.41) is 5.29. The Hall–Kier alpha value is -3.55. The quantitative estimate of drug-likeness (QED) is 0.373. The zero-order valence-corrected chi connectivity index (χ0v) is 19.7. The van der Waals surface area contributed by atoms with Crippen molar-refractivity contribution in [2.24, 2.45) is 5.14 Å². The number of sulfonamides is 1. The molecule has 1 aromatic heterocycles. The van der Waals surface area contributed by atoms with Crippen molar-refractivity contribution < 1.29 is 30.8 Å². The molecule has 2 heterocycles. The van der Waals surface area contributed by atoms with Crippen LogP contribution in [0.15, 0.2) is 65.2 Å². The predicted octanol–water partition coefficient (Wildman–Crippen LogP) is 3.86. The number of primary sulfonamides is 1. The Morgan fingerprint density at radius 2 is 1.81 bits per heavy atom. The van der Waals surface area contributed by atoms with Crippen molar-refractivity contribution in [1.82, 2.24) is 15.4 Å². The van der Waals surface area contributed by atoms with Crippen LogP contribution in [-0.2, 0) is 21.0 Å². The Labute approximate surface area is 204 Å². The maximum atomic E-state index is 13.9. The van der Waals surface area contributed by atoms with Gasteiger partial charge in [-0.3, -0.25) is 10.3 Å². The van der Waals surface area contributed by atoms with Crippen LogP contribution in [-0.4, -0.2) is 38.6 Å². The fraction of sp³-hybridized carbons (Fsp3) is 0.217. The van der Waals surface area contributed by atoms with Gasteiger partial charge in [0, 0.05) is 30.8 Å². The van der Waals surface area contributed by atoms with Crippen LogP contribution in [0, 0.1) is 5.82 Å². The van der Waals surface area contributed by atoms with E-state index in [1.165, 1.54) is 43.5 Å². The first-order valence-electron chi connectivity index (χ1n) is 10.6. The molecule has 4 rings (SSSR count). The number of nitrogens with one attached hydrogen (secondary N) is 1. The molecule has 0 atom stereocenters. The highest BCUT2D eigenvalue weighted by Gasteiger charge is 2.37. The number of hydroxylamine groups is 1. The molecule has 8 nitrogen and oxygen atoms in total. The summed E-state index contributed by atoms with van der Waals surface area (Å²) in [5.74, 6) is -2.02. The maximum absolute atomic E-state index is 13.9. The van der Waals surface area contributed by atoms with Crippen molar-refractivity contribution >= 4 is 15.8 Å². The molecule has 3 N–H and O–H groups in total. The number of halogens is 4. The summed E-state index contributed by atoms with van der Waals surface area (Å²) in [5.41, 5.74) is 3.89. The number of alkyl halides is 3. The maximum Gasteiger partial charge on any atom is 0.451 e. The predicted molar refractivity (Wildman–Crippen MR) is 124 cm³/mol. The molecule has 1 aliphatic rings. The molecule has 1 aliphatic heterocycles. The SMILES string of the molecule is CONC1=CCN(c2nc(C(F)(F)F)nc(-c3ccc(F)cc3)c2-c2cccc(S(N)(=O)=O)c2)CC1. The van der Waals surface area contributed by atoms with E-state index in [4.69, 9.17) is 9.98 Å². The van der Waals surface area contributed by atoms with Gasteiger partial charge in [0.25, 0.3) is 0 Å². The third kappa shape index (κ3) is 5.48. The number of hydrogen-bond donors (Lipinski definition) is 2. The first kappa shape index (κ1) is 25.5. The Bertz CT molecular complexity index is 1410. The molecule has 2 aromatic carbocycles. The average molecular weight is 524 g/mol. The molecule has 0 saturated carbocycles. The average Bonchev–Trinajstić information content (AvgIpc) is 2.83. The highest BCUT2D eigenvalue weighted by molar-refractivity contribution is 7.89. The fourth-order valence-electron chi connectivity index (χ4n) is 3.80. The van der Waals surface area contributed by atoms with Crippen molar-refractivity contribution in [3.05, 3.63) is 71.9 Å². The first-order valence-corrected chi connectivity index (χ1v) is 12.1. The summed E-state index contributed by atoms with van der Waals surface area (Å²) in [4.78, 5) is 13.9. The fourth-order valence-corrected chi connectivity index (χ4v) is 4.36. The Kier molecular flexibility index (Phi) is 6.98. The van der Waals surface area contributed by atoms with E-state index in [0.717, 1.165) is 17.8 Å². The number of rotatable bonds is 6. The lowest BCUT2D eigenvalue weighted by molar-refractivity contribution is -0.144. The lowest BCUT2D eigenvalue weighted by Crippen LogP contribution is -2.33. The number of hydrogen-bond acceptors (Lipinski definition) is 7. The zero-order chi connectivity index (χ0) is 26.1. The van der Waals surface area contributed by atoms with E-state index in [9.17, 15) is 26.0 Å². The molecular weight excluding hydrogens is 502 g/mol. The molecule has 13 heteroatoms. The van der Waals surface area contributed by atoms with Gasteiger partial charge in [-0.1, -0.05) is 12.1 Å². The largest absolute Gasteiger partial charge is 0.451 e. The summed E-state index contributed by atoms with van der Waals surface area (Å²) in [6, 6.07) is 10.2. The molecule has 0 bridgehead atoms. The van der Waals surface area contributed by atoms with Gasteiger partial charge in [0.05, 0.1) is 23.3 Å². The lowest BCUT2D eigenvalue weighted by atomic mass is 9.98. The minimum absolute atomic E-state index is 0.0593. The van der Waals surface area contributed by atoms with E-state index >= 15 is 0 Å². The van der Waals surface area contributed by atoms with Crippen molar-refractivity contribution in [3.8, 4) is 22.4 Å². The van der Waals surface area contributed by atoms with Crippen LogP contribution in [0.25, 0.3) is 22.4 Å². The van der Waals surface area contributed by atoms with E-state index in [0.29, 0.717) is 6.42 Å². The van der Waals surface area contributed by atoms with Crippen LogP contribution in [0.2, 0.25) is 0 Å². The highest BCUT2D eigenvalue weighted by atomic mass is 32.2. The summed E-state index contributed by atoms with van der Waals surface area (Å²) in [6.07, 6.45) is -2.72. The normalized spacial score (nSPS) is 14.5. The molecule has 0 aliphatic carbocycles. The summed E-state index contributed by atoms with van der Waals surface area (Å²) in [7, 11) is -2.67. The molecule has 190 valence electrons.